The molecule has 0 unspecified atom stereocenters. The molecule has 1 aromatic carbocycles. The maximum absolute atomic E-state index is 5.43. The van der Waals surface area contributed by atoms with Crippen molar-refractivity contribution in [3.63, 3.8) is 0 Å². The molecule has 0 saturated carbocycles. The van der Waals surface area contributed by atoms with Crippen molar-refractivity contribution in [2.75, 3.05) is 27.3 Å². The van der Waals surface area contributed by atoms with E-state index in [0.29, 0.717) is 17.4 Å². The molecule has 1 aliphatic heterocycles. The predicted molar refractivity (Wildman–Crippen MR) is 106 cm³/mol. The standard InChI is InChI=1S/C20H25N7O2/c1-28-18-6-5-15(10-19(18)29-2)12-26-9-3-4-16(13-26)14-27-24-20(23-25-27)17-11-21-7-8-22-17/h5-8,10-11,16H,3-4,9,12-14H2,1-2H3/t16-/m0/s1. The number of ether oxygens (including phenoxy) is 2. The molecule has 0 aliphatic carbocycles. The smallest absolute Gasteiger partial charge is 0.224 e. The van der Waals surface area contributed by atoms with E-state index in [9.17, 15) is 0 Å². The molecule has 1 fully saturated rings. The van der Waals surface area contributed by atoms with E-state index in [0.717, 1.165) is 50.5 Å². The van der Waals surface area contributed by atoms with Gasteiger partial charge in [-0.1, -0.05) is 6.07 Å². The van der Waals surface area contributed by atoms with Gasteiger partial charge in [-0.25, -0.2) is 4.98 Å². The molecule has 0 N–H and O–H groups in total. The number of aromatic nitrogens is 6. The number of hydrogen-bond donors (Lipinski definition) is 0. The van der Waals surface area contributed by atoms with Crippen LogP contribution in [-0.4, -0.2) is 62.4 Å². The molecular formula is C20H25N7O2. The van der Waals surface area contributed by atoms with Gasteiger partial charge in [0.15, 0.2) is 11.5 Å². The zero-order valence-electron chi connectivity index (χ0n) is 16.7. The zero-order chi connectivity index (χ0) is 20.1. The van der Waals surface area contributed by atoms with Crippen LogP contribution in [-0.2, 0) is 13.1 Å². The minimum Gasteiger partial charge on any atom is -0.493 e. The number of piperidine rings is 1. The third-order valence-corrected chi connectivity index (χ3v) is 5.12. The Morgan fingerprint density at radius 1 is 1.14 bits per heavy atom. The Balaban J connectivity index is 1.37. The highest BCUT2D eigenvalue weighted by Crippen LogP contribution is 2.29. The fraction of sp³-hybridized carbons (Fsp3) is 0.450. The molecule has 1 atom stereocenters. The van der Waals surface area contributed by atoms with Crippen molar-refractivity contribution in [2.45, 2.75) is 25.9 Å². The Morgan fingerprint density at radius 3 is 2.83 bits per heavy atom. The van der Waals surface area contributed by atoms with E-state index in [1.807, 2.05) is 6.07 Å². The van der Waals surface area contributed by atoms with Crippen LogP contribution in [0.5, 0.6) is 11.5 Å². The third-order valence-electron chi connectivity index (χ3n) is 5.12. The summed E-state index contributed by atoms with van der Waals surface area (Å²) in [5.74, 6) is 2.51. The number of hydrogen-bond acceptors (Lipinski definition) is 8. The lowest BCUT2D eigenvalue weighted by molar-refractivity contribution is 0.149. The number of methoxy groups -OCH3 is 2. The van der Waals surface area contributed by atoms with Crippen molar-refractivity contribution >= 4 is 0 Å². The predicted octanol–water partition coefficient (Wildman–Crippen LogP) is 2.06. The first-order valence-electron chi connectivity index (χ1n) is 9.72. The first kappa shape index (κ1) is 19.3. The van der Waals surface area contributed by atoms with E-state index in [1.165, 1.54) is 5.56 Å². The molecule has 3 heterocycles. The highest BCUT2D eigenvalue weighted by molar-refractivity contribution is 5.44. The normalized spacial score (nSPS) is 17.2. The zero-order valence-corrected chi connectivity index (χ0v) is 16.7. The Hall–Kier alpha value is -3.07. The van der Waals surface area contributed by atoms with Crippen LogP contribution in [0.15, 0.2) is 36.8 Å². The van der Waals surface area contributed by atoms with Gasteiger partial charge in [-0.15, -0.1) is 10.2 Å². The quantitative estimate of drug-likeness (QED) is 0.600. The summed E-state index contributed by atoms with van der Waals surface area (Å²) in [4.78, 5) is 12.4. The van der Waals surface area contributed by atoms with Crippen LogP contribution in [0.1, 0.15) is 18.4 Å². The largest absolute Gasteiger partial charge is 0.493 e. The van der Waals surface area contributed by atoms with E-state index in [2.05, 4.69) is 42.4 Å². The van der Waals surface area contributed by atoms with Crippen LogP contribution in [0.25, 0.3) is 11.5 Å². The van der Waals surface area contributed by atoms with Gasteiger partial charge in [-0.05, 0) is 48.2 Å². The summed E-state index contributed by atoms with van der Waals surface area (Å²) in [6.07, 6.45) is 7.22. The van der Waals surface area contributed by atoms with Crippen molar-refractivity contribution in [1.29, 1.82) is 0 Å². The van der Waals surface area contributed by atoms with Gasteiger partial charge in [0.2, 0.25) is 5.82 Å². The molecule has 0 radical (unpaired) electrons. The summed E-state index contributed by atoms with van der Waals surface area (Å²) < 4.78 is 10.8. The van der Waals surface area contributed by atoms with Crippen LogP contribution in [0, 0.1) is 5.92 Å². The number of rotatable bonds is 7. The second kappa shape index (κ2) is 8.95. The fourth-order valence-corrected chi connectivity index (χ4v) is 3.75. The van der Waals surface area contributed by atoms with Crippen molar-refractivity contribution in [3.8, 4) is 23.0 Å². The van der Waals surface area contributed by atoms with Gasteiger partial charge in [0.05, 0.1) is 27.0 Å². The Morgan fingerprint density at radius 2 is 2.03 bits per heavy atom. The van der Waals surface area contributed by atoms with Gasteiger partial charge in [0, 0.05) is 25.5 Å². The van der Waals surface area contributed by atoms with E-state index < -0.39 is 0 Å². The number of likely N-dealkylation sites (tertiary alicyclic amines) is 1. The molecule has 1 aliphatic rings. The molecule has 1 saturated heterocycles. The average molecular weight is 395 g/mol. The van der Waals surface area contributed by atoms with Crippen molar-refractivity contribution in [3.05, 3.63) is 42.4 Å². The minimum absolute atomic E-state index is 0.479. The lowest BCUT2D eigenvalue weighted by atomic mass is 9.97. The van der Waals surface area contributed by atoms with E-state index in [1.54, 1.807) is 37.6 Å². The van der Waals surface area contributed by atoms with E-state index >= 15 is 0 Å². The second-order valence-corrected chi connectivity index (χ2v) is 7.19. The van der Waals surface area contributed by atoms with Gasteiger partial charge in [0.25, 0.3) is 0 Å². The number of benzene rings is 1. The van der Waals surface area contributed by atoms with Gasteiger partial charge >= 0.3 is 0 Å². The maximum Gasteiger partial charge on any atom is 0.224 e. The van der Waals surface area contributed by atoms with Gasteiger partial charge in [-0.2, -0.15) is 4.80 Å². The molecule has 0 bridgehead atoms. The molecule has 9 nitrogen and oxygen atoms in total. The summed E-state index contributed by atoms with van der Waals surface area (Å²) in [5, 5.41) is 12.8. The maximum atomic E-state index is 5.43. The van der Waals surface area contributed by atoms with Crippen LogP contribution in [0.3, 0.4) is 0 Å². The summed E-state index contributed by atoms with van der Waals surface area (Å²) in [5.41, 5.74) is 1.85. The monoisotopic (exact) mass is 395 g/mol. The van der Waals surface area contributed by atoms with Gasteiger partial charge in [0.1, 0.15) is 5.69 Å². The SMILES string of the molecule is COc1ccc(CN2CCC[C@H](Cn3nnc(-c4cnccn4)n3)C2)cc1OC. The van der Waals surface area contributed by atoms with Crippen LogP contribution < -0.4 is 9.47 Å². The fourth-order valence-electron chi connectivity index (χ4n) is 3.75. The average Bonchev–Trinajstić information content (AvgIpc) is 3.23. The van der Waals surface area contributed by atoms with Gasteiger partial charge in [-0.3, -0.25) is 9.88 Å². The number of tetrazole rings is 1. The lowest BCUT2D eigenvalue weighted by Crippen LogP contribution is -2.36. The van der Waals surface area contributed by atoms with E-state index in [-0.39, 0.29) is 0 Å². The second-order valence-electron chi connectivity index (χ2n) is 7.19. The molecule has 0 spiro atoms. The highest BCUT2D eigenvalue weighted by Gasteiger charge is 2.22. The molecule has 152 valence electrons. The summed E-state index contributed by atoms with van der Waals surface area (Å²) in [6, 6.07) is 6.11. The topological polar surface area (TPSA) is 91.1 Å². The first-order valence-corrected chi connectivity index (χ1v) is 9.72. The first-order chi connectivity index (χ1) is 14.2. The van der Waals surface area contributed by atoms with E-state index in [4.69, 9.17) is 9.47 Å². The summed E-state index contributed by atoms with van der Waals surface area (Å²) >= 11 is 0. The summed E-state index contributed by atoms with van der Waals surface area (Å²) in [6.45, 7) is 3.71. The third kappa shape index (κ3) is 4.68. The number of nitrogens with zero attached hydrogens (tertiary/aromatic N) is 7. The molecule has 0 amide bonds. The Kier molecular flexibility index (Phi) is 5.95. The van der Waals surface area contributed by atoms with Crippen molar-refractivity contribution < 1.29 is 9.47 Å². The Bertz CT molecular complexity index is 932. The molecule has 29 heavy (non-hydrogen) atoms. The molecule has 2 aromatic heterocycles. The molecule has 3 aromatic rings. The summed E-state index contributed by atoms with van der Waals surface area (Å²) in [7, 11) is 3.32. The van der Waals surface area contributed by atoms with Crippen LogP contribution >= 0.6 is 0 Å². The molecule has 9 heteroatoms. The highest BCUT2D eigenvalue weighted by atomic mass is 16.5. The van der Waals surface area contributed by atoms with Crippen molar-refractivity contribution in [2.24, 2.45) is 5.92 Å². The molecule has 4 rings (SSSR count). The van der Waals surface area contributed by atoms with Gasteiger partial charge < -0.3 is 9.47 Å². The minimum atomic E-state index is 0.479. The van der Waals surface area contributed by atoms with Crippen LogP contribution in [0.2, 0.25) is 0 Å². The van der Waals surface area contributed by atoms with Crippen LogP contribution in [0.4, 0.5) is 0 Å². The molecular weight excluding hydrogens is 370 g/mol. The van der Waals surface area contributed by atoms with Crippen molar-refractivity contribution in [1.82, 2.24) is 35.1 Å². The lowest BCUT2D eigenvalue weighted by Gasteiger charge is -2.32. The Labute approximate surface area is 169 Å².